The molecule has 3 heteroatoms. The molecular weight excluding hydrogens is 406 g/mol. The summed E-state index contributed by atoms with van der Waals surface area (Å²) in [5, 5.41) is 2.54. The van der Waals surface area contributed by atoms with E-state index in [-0.39, 0.29) is 12.1 Å². The van der Waals surface area contributed by atoms with Crippen LogP contribution in [0, 0.1) is 0 Å². The van der Waals surface area contributed by atoms with Gasteiger partial charge in [-0.1, -0.05) is 66.7 Å². The maximum Gasteiger partial charge on any atom is 0.149 e. The molecule has 1 saturated heterocycles. The Balaban J connectivity index is 1.51. The highest BCUT2D eigenvalue weighted by Crippen LogP contribution is 2.37. The highest BCUT2D eigenvalue weighted by molar-refractivity contribution is 5.87. The fourth-order valence-corrected chi connectivity index (χ4v) is 4.97. The van der Waals surface area contributed by atoms with Gasteiger partial charge in [0.15, 0.2) is 0 Å². The van der Waals surface area contributed by atoms with Crippen LogP contribution in [-0.2, 0) is 0 Å². The van der Waals surface area contributed by atoms with Crippen molar-refractivity contribution in [2.45, 2.75) is 31.9 Å². The number of rotatable bonds is 7. The summed E-state index contributed by atoms with van der Waals surface area (Å²) in [4.78, 5) is 2.41. The molecule has 3 nitrogen and oxygen atoms in total. The van der Waals surface area contributed by atoms with E-state index < -0.39 is 0 Å². The average Bonchev–Trinajstić information content (AvgIpc) is 3.41. The van der Waals surface area contributed by atoms with Crippen LogP contribution in [0.3, 0.4) is 0 Å². The van der Waals surface area contributed by atoms with Gasteiger partial charge in [0, 0.05) is 19.0 Å². The number of nitrogens with zero attached hydrogens (tertiary/aromatic N) is 1. The summed E-state index contributed by atoms with van der Waals surface area (Å²) in [6.07, 6.45) is 2.64. The van der Waals surface area contributed by atoms with Crippen molar-refractivity contribution < 1.29 is 9.47 Å². The van der Waals surface area contributed by atoms with Crippen LogP contribution in [0.2, 0.25) is 0 Å². The summed E-state index contributed by atoms with van der Waals surface area (Å²) in [6, 6.07) is 32.3. The quantitative estimate of drug-likeness (QED) is 0.295. The van der Waals surface area contributed by atoms with E-state index in [2.05, 4.69) is 90.7 Å². The first-order chi connectivity index (χ1) is 16.2. The fourth-order valence-electron chi connectivity index (χ4n) is 4.97. The van der Waals surface area contributed by atoms with E-state index in [0.717, 1.165) is 24.6 Å². The Morgan fingerprint density at radius 1 is 0.697 bits per heavy atom. The minimum Gasteiger partial charge on any atom is -0.497 e. The lowest BCUT2D eigenvalue weighted by atomic mass is 9.83. The number of likely N-dealkylation sites (tertiary alicyclic amines) is 1. The molecule has 5 rings (SSSR count). The van der Waals surface area contributed by atoms with Crippen LogP contribution in [0.4, 0.5) is 0 Å². The second kappa shape index (κ2) is 9.68. The summed E-state index contributed by atoms with van der Waals surface area (Å²) in [5.74, 6) is 1.91. The number of hydrogen-bond donors (Lipinski definition) is 0. The Morgan fingerprint density at radius 3 is 1.97 bits per heavy atom. The molecule has 33 heavy (non-hydrogen) atoms. The van der Waals surface area contributed by atoms with E-state index in [1.54, 1.807) is 7.11 Å². The summed E-state index contributed by atoms with van der Waals surface area (Å²) < 4.78 is 11.7. The second-order valence-electron chi connectivity index (χ2n) is 8.80. The van der Waals surface area contributed by atoms with Crippen LogP contribution in [0.15, 0.2) is 91.0 Å². The molecule has 1 aliphatic rings. The Labute approximate surface area is 196 Å². The van der Waals surface area contributed by atoms with E-state index in [1.807, 2.05) is 12.1 Å². The van der Waals surface area contributed by atoms with Crippen LogP contribution < -0.4 is 9.47 Å². The molecule has 2 unspecified atom stereocenters. The normalized spacial score (nSPS) is 15.9. The van der Waals surface area contributed by atoms with Crippen LogP contribution in [0.1, 0.15) is 42.4 Å². The summed E-state index contributed by atoms with van der Waals surface area (Å²) in [7, 11) is 1.71. The zero-order valence-corrected chi connectivity index (χ0v) is 19.4. The van der Waals surface area contributed by atoms with Gasteiger partial charge >= 0.3 is 0 Å². The Kier molecular flexibility index (Phi) is 6.32. The van der Waals surface area contributed by atoms with Gasteiger partial charge in [-0.2, -0.15) is 0 Å². The van der Waals surface area contributed by atoms with E-state index in [1.165, 1.54) is 40.3 Å². The molecule has 0 aromatic heterocycles. The van der Waals surface area contributed by atoms with E-state index in [9.17, 15) is 0 Å². The molecule has 0 N–H and O–H groups in total. The van der Waals surface area contributed by atoms with E-state index in [0.29, 0.717) is 0 Å². The molecule has 168 valence electrons. The average molecular weight is 438 g/mol. The Morgan fingerprint density at radius 2 is 1.30 bits per heavy atom. The van der Waals surface area contributed by atoms with Crippen molar-refractivity contribution in [1.82, 2.24) is 4.90 Å². The maximum absolute atomic E-state index is 6.25. The molecule has 1 aliphatic heterocycles. The minimum atomic E-state index is 0.105. The van der Waals surface area contributed by atoms with Crippen LogP contribution in [-0.4, -0.2) is 31.3 Å². The molecule has 0 radical (unpaired) electrons. The molecule has 0 bridgehead atoms. The first-order valence-electron chi connectivity index (χ1n) is 11.9. The molecule has 4 aromatic rings. The van der Waals surface area contributed by atoms with Crippen molar-refractivity contribution in [3.8, 4) is 11.5 Å². The van der Waals surface area contributed by atoms with Gasteiger partial charge in [-0.3, -0.25) is 4.90 Å². The summed E-state index contributed by atoms with van der Waals surface area (Å²) in [5.41, 5.74) is 3.79. The largest absolute Gasteiger partial charge is 0.497 e. The van der Waals surface area contributed by atoms with Crippen LogP contribution in [0.5, 0.6) is 11.5 Å². The van der Waals surface area contributed by atoms with E-state index in [4.69, 9.17) is 9.47 Å². The molecule has 0 spiro atoms. The Hall–Kier alpha value is -3.30. The van der Waals surface area contributed by atoms with Gasteiger partial charge in [0.2, 0.25) is 0 Å². The molecular formula is C30H31NO2. The van der Waals surface area contributed by atoms with Crippen molar-refractivity contribution in [3.05, 3.63) is 108 Å². The van der Waals surface area contributed by atoms with Gasteiger partial charge in [-0.25, -0.2) is 0 Å². The van der Waals surface area contributed by atoms with Gasteiger partial charge in [0.25, 0.3) is 0 Å². The number of methoxy groups -OCH3 is 1. The predicted molar refractivity (Wildman–Crippen MR) is 135 cm³/mol. The summed E-state index contributed by atoms with van der Waals surface area (Å²) >= 11 is 0. The van der Waals surface area contributed by atoms with E-state index >= 15 is 0 Å². The van der Waals surface area contributed by atoms with Crippen molar-refractivity contribution in [2.75, 3.05) is 20.2 Å². The molecule has 0 saturated carbocycles. The smallest absolute Gasteiger partial charge is 0.149 e. The highest BCUT2D eigenvalue weighted by Gasteiger charge is 2.21. The Bertz CT molecular complexity index is 1190. The summed E-state index contributed by atoms with van der Waals surface area (Å²) in [6.45, 7) is 4.40. The van der Waals surface area contributed by atoms with Crippen molar-refractivity contribution >= 4 is 10.8 Å². The van der Waals surface area contributed by atoms with Gasteiger partial charge in [-0.15, -0.1) is 0 Å². The van der Waals surface area contributed by atoms with Gasteiger partial charge in [-0.05, 0) is 71.5 Å². The number of fused-ring (bicyclic) bond motifs is 1. The standard InChI is InChI=1S/C30H31NO2/c1-22(31-20-5-6-21-31)33-27-18-14-25(15-19-27)30(24-12-16-26(32-2)17-13-24)29-11-7-9-23-8-3-4-10-28(23)29/h3-4,7-19,22,30H,5-6,20-21H2,1-2H3. The molecule has 4 aromatic carbocycles. The fraction of sp³-hybridized carbons (Fsp3) is 0.267. The predicted octanol–water partition coefficient (Wildman–Crippen LogP) is 6.85. The lowest BCUT2D eigenvalue weighted by Gasteiger charge is -2.25. The highest BCUT2D eigenvalue weighted by atomic mass is 16.5. The maximum atomic E-state index is 6.25. The van der Waals surface area contributed by atoms with Crippen molar-refractivity contribution in [2.24, 2.45) is 0 Å². The third-order valence-electron chi connectivity index (χ3n) is 6.76. The first kappa shape index (κ1) is 21.5. The number of ether oxygens (including phenoxy) is 2. The van der Waals surface area contributed by atoms with Gasteiger partial charge < -0.3 is 9.47 Å². The molecule has 1 heterocycles. The first-order valence-corrected chi connectivity index (χ1v) is 11.9. The van der Waals surface area contributed by atoms with Gasteiger partial charge in [0.1, 0.15) is 17.7 Å². The second-order valence-corrected chi connectivity index (χ2v) is 8.80. The molecule has 2 atom stereocenters. The monoisotopic (exact) mass is 437 g/mol. The SMILES string of the molecule is COc1ccc(C(c2ccc(OC(C)N3CCCC3)cc2)c2cccc3ccccc23)cc1. The van der Waals surface area contributed by atoms with Gasteiger partial charge in [0.05, 0.1) is 7.11 Å². The lowest BCUT2D eigenvalue weighted by Crippen LogP contribution is -2.34. The number of benzene rings is 4. The molecule has 0 aliphatic carbocycles. The van der Waals surface area contributed by atoms with Crippen LogP contribution in [0.25, 0.3) is 10.8 Å². The zero-order valence-electron chi connectivity index (χ0n) is 19.4. The van der Waals surface area contributed by atoms with Crippen LogP contribution >= 0.6 is 0 Å². The topological polar surface area (TPSA) is 21.7 Å². The lowest BCUT2D eigenvalue weighted by molar-refractivity contribution is 0.0592. The van der Waals surface area contributed by atoms with Crippen molar-refractivity contribution in [3.63, 3.8) is 0 Å². The zero-order chi connectivity index (χ0) is 22.6. The molecule has 1 fully saturated rings. The number of hydrogen-bond acceptors (Lipinski definition) is 3. The van der Waals surface area contributed by atoms with Crippen molar-refractivity contribution in [1.29, 1.82) is 0 Å². The minimum absolute atomic E-state index is 0.105. The third-order valence-corrected chi connectivity index (χ3v) is 6.76. The third kappa shape index (κ3) is 4.60. The molecule has 0 amide bonds.